The Morgan fingerprint density at radius 3 is 2.40 bits per heavy atom. The van der Waals surface area contributed by atoms with Gasteiger partial charge in [-0.15, -0.1) is 0 Å². The monoisotopic (exact) mass is 490 g/mol. The fourth-order valence-corrected chi connectivity index (χ4v) is 8.36. The summed E-state index contributed by atoms with van der Waals surface area (Å²) < 4.78 is 11.3. The fourth-order valence-electron chi connectivity index (χ4n) is 8.36. The van der Waals surface area contributed by atoms with Gasteiger partial charge in [0, 0.05) is 19.8 Å². The maximum absolute atomic E-state index is 13.5. The Morgan fingerprint density at radius 2 is 1.77 bits per heavy atom. The van der Waals surface area contributed by atoms with E-state index < -0.39 is 22.9 Å². The molecule has 7 nitrogen and oxygen atoms in total. The second-order valence-corrected chi connectivity index (χ2v) is 12.3. The Hall–Kier alpha value is -1.89. The molecule has 4 aliphatic carbocycles. The van der Waals surface area contributed by atoms with Crippen LogP contribution in [0.4, 0.5) is 0 Å². The van der Waals surface area contributed by atoms with Crippen LogP contribution in [0.1, 0.15) is 92.4 Å². The maximum Gasteiger partial charge on any atom is 0.313 e. The van der Waals surface area contributed by atoms with Gasteiger partial charge in [-0.05, 0) is 87.4 Å². The molecule has 3 fully saturated rings. The molecule has 3 saturated carbocycles. The summed E-state index contributed by atoms with van der Waals surface area (Å²) in [7, 11) is 0. The van der Waals surface area contributed by atoms with Crippen molar-refractivity contribution in [2.45, 2.75) is 110 Å². The van der Waals surface area contributed by atoms with E-state index in [0.29, 0.717) is 12.8 Å². The summed E-state index contributed by atoms with van der Waals surface area (Å²) >= 11 is 0. The SMILES string of the molecule is CC(=O)O[C@H]1CC[C@@]2(C)C(=C[C@H](C(=O)OC(C)C)[C@@H]3[C@@H]2CC[C@@]2(C)[C@H]3CC[C@@]2(O)CCC(=O)O)C1. The molecule has 0 aliphatic heterocycles. The van der Waals surface area contributed by atoms with E-state index in [1.54, 1.807) is 0 Å². The third-order valence-electron chi connectivity index (χ3n) is 10.1. The second kappa shape index (κ2) is 9.20. The average molecular weight is 491 g/mol. The van der Waals surface area contributed by atoms with E-state index in [0.717, 1.165) is 32.1 Å². The normalized spacial score (nSPS) is 42.4. The zero-order valence-corrected chi connectivity index (χ0v) is 21.8. The van der Waals surface area contributed by atoms with Crippen molar-refractivity contribution in [2.75, 3.05) is 0 Å². The predicted molar refractivity (Wildman–Crippen MR) is 129 cm³/mol. The Bertz CT molecular complexity index is 909. The summed E-state index contributed by atoms with van der Waals surface area (Å²) in [5, 5.41) is 21.0. The van der Waals surface area contributed by atoms with Gasteiger partial charge in [-0.2, -0.15) is 0 Å². The minimum Gasteiger partial charge on any atom is -0.481 e. The molecule has 0 aromatic heterocycles. The number of hydrogen-bond donors (Lipinski definition) is 2. The first-order chi connectivity index (χ1) is 16.3. The molecule has 4 aliphatic rings. The number of hydrogen-bond acceptors (Lipinski definition) is 6. The van der Waals surface area contributed by atoms with Crippen LogP contribution in [0.2, 0.25) is 0 Å². The summed E-state index contributed by atoms with van der Waals surface area (Å²) in [5.41, 5.74) is -0.356. The van der Waals surface area contributed by atoms with Gasteiger partial charge in [-0.25, -0.2) is 0 Å². The number of carbonyl (C=O) groups is 3. The van der Waals surface area contributed by atoms with Crippen molar-refractivity contribution < 1.29 is 34.1 Å². The molecular weight excluding hydrogens is 448 g/mol. The van der Waals surface area contributed by atoms with E-state index in [-0.39, 0.29) is 60.2 Å². The Kier molecular flexibility index (Phi) is 6.88. The zero-order valence-electron chi connectivity index (χ0n) is 21.8. The van der Waals surface area contributed by atoms with Gasteiger partial charge in [0.05, 0.1) is 17.6 Å². The van der Waals surface area contributed by atoms with E-state index >= 15 is 0 Å². The molecule has 0 saturated heterocycles. The smallest absolute Gasteiger partial charge is 0.313 e. The third-order valence-corrected chi connectivity index (χ3v) is 10.1. The molecule has 8 atom stereocenters. The van der Waals surface area contributed by atoms with E-state index in [1.165, 1.54) is 12.5 Å². The summed E-state index contributed by atoms with van der Waals surface area (Å²) in [6.07, 6.45) is 7.33. The van der Waals surface area contributed by atoms with Crippen molar-refractivity contribution in [2.24, 2.45) is 34.5 Å². The van der Waals surface area contributed by atoms with Gasteiger partial charge in [-0.1, -0.05) is 25.5 Å². The summed E-state index contributed by atoms with van der Waals surface area (Å²) in [6.45, 7) is 9.58. The van der Waals surface area contributed by atoms with Crippen molar-refractivity contribution >= 4 is 17.9 Å². The molecular formula is C28H42O7. The number of carbonyl (C=O) groups excluding carboxylic acids is 2. The first-order valence-corrected chi connectivity index (χ1v) is 13.3. The lowest BCUT2D eigenvalue weighted by Gasteiger charge is -2.60. The first-order valence-electron chi connectivity index (χ1n) is 13.3. The van der Waals surface area contributed by atoms with E-state index in [9.17, 15) is 24.6 Å². The molecule has 0 amide bonds. The van der Waals surface area contributed by atoms with Crippen molar-refractivity contribution in [3.8, 4) is 0 Å². The highest BCUT2D eigenvalue weighted by atomic mass is 16.5. The second-order valence-electron chi connectivity index (χ2n) is 12.3. The Labute approximate surface area is 208 Å². The van der Waals surface area contributed by atoms with Gasteiger partial charge < -0.3 is 19.7 Å². The molecule has 0 heterocycles. The molecule has 196 valence electrons. The third kappa shape index (κ3) is 4.42. The molecule has 0 unspecified atom stereocenters. The molecule has 0 bridgehead atoms. The van der Waals surface area contributed by atoms with Gasteiger partial charge in [0.2, 0.25) is 0 Å². The van der Waals surface area contributed by atoms with Crippen molar-refractivity contribution in [1.29, 1.82) is 0 Å². The molecule has 35 heavy (non-hydrogen) atoms. The van der Waals surface area contributed by atoms with Crippen molar-refractivity contribution in [1.82, 2.24) is 0 Å². The number of esters is 2. The van der Waals surface area contributed by atoms with E-state index in [2.05, 4.69) is 19.9 Å². The van der Waals surface area contributed by atoms with Crippen LogP contribution in [0.5, 0.6) is 0 Å². The minimum atomic E-state index is -1.04. The minimum absolute atomic E-state index is 0.0397. The quantitative estimate of drug-likeness (QED) is 0.412. The highest BCUT2D eigenvalue weighted by Gasteiger charge is 2.66. The largest absolute Gasteiger partial charge is 0.481 e. The van der Waals surface area contributed by atoms with Crippen LogP contribution in [0.25, 0.3) is 0 Å². The van der Waals surface area contributed by atoms with E-state index in [4.69, 9.17) is 9.47 Å². The number of aliphatic hydroxyl groups is 1. The van der Waals surface area contributed by atoms with Crippen LogP contribution in [0.15, 0.2) is 11.6 Å². The zero-order chi connectivity index (χ0) is 25.8. The van der Waals surface area contributed by atoms with Gasteiger partial charge in [0.25, 0.3) is 0 Å². The number of carboxylic acids is 1. The van der Waals surface area contributed by atoms with Crippen LogP contribution in [0, 0.1) is 34.5 Å². The Morgan fingerprint density at radius 1 is 1.09 bits per heavy atom. The molecule has 4 rings (SSSR count). The van der Waals surface area contributed by atoms with Crippen LogP contribution in [0.3, 0.4) is 0 Å². The lowest BCUT2D eigenvalue weighted by Crippen LogP contribution is -2.57. The summed E-state index contributed by atoms with van der Waals surface area (Å²) in [5.74, 6) is -1.37. The molecule has 2 N–H and O–H groups in total. The van der Waals surface area contributed by atoms with Crippen LogP contribution < -0.4 is 0 Å². The molecule has 0 spiro atoms. The summed E-state index contributed by atoms with van der Waals surface area (Å²) in [4.78, 5) is 36.4. The molecule has 0 radical (unpaired) electrons. The van der Waals surface area contributed by atoms with Crippen molar-refractivity contribution in [3.05, 3.63) is 11.6 Å². The highest BCUT2D eigenvalue weighted by Crippen LogP contribution is 2.69. The summed E-state index contributed by atoms with van der Waals surface area (Å²) in [6, 6.07) is 0. The van der Waals surface area contributed by atoms with Crippen LogP contribution in [-0.4, -0.2) is 45.9 Å². The van der Waals surface area contributed by atoms with Gasteiger partial charge in [-0.3, -0.25) is 14.4 Å². The number of aliphatic carboxylic acids is 1. The standard InChI is InChI=1S/C28H42O7/c1-16(2)34-25(32)20-15-18-14-19(35-17(3)29)6-10-26(18,4)21-7-11-27(5)22(24(20)21)8-12-28(27,33)13-9-23(30)31/h15-16,19-22,24,33H,6-14H2,1-5H3,(H,30,31)/t19-,20-,21-,22-,24+,26-,27-,28+/m0/s1. The van der Waals surface area contributed by atoms with Gasteiger partial charge >= 0.3 is 17.9 Å². The molecule has 0 aromatic rings. The first kappa shape index (κ1) is 26.2. The van der Waals surface area contributed by atoms with Crippen LogP contribution in [-0.2, 0) is 23.9 Å². The fraction of sp³-hybridized carbons (Fsp3) is 0.821. The topological polar surface area (TPSA) is 110 Å². The highest BCUT2D eigenvalue weighted by molar-refractivity contribution is 5.76. The lowest BCUT2D eigenvalue weighted by atomic mass is 9.45. The number of carboxylic acid groups (broad SMARTS) is 1. The van der Waals surface area contributed by atoms with Crippen molar-refractivity contribution in [3.63, 3.8) is 0 Å². The number of rotatable bonds is 6. The van der Waals surface area contributed by atoms with Gasteiger partial charge in [0.15, 0.2) is 0 Å². The maximum atomic E-state index is 13.5. The molecule has 0 aromatic carbocycles. The lowest BCUT2D eigenvalue weighted by molar-refractivity contribution is -0.169. The predicted octanol–water partition coefficient (Wildman–Crippen LogP) is 4.65. The molecule has 7 heteroatoms. The Balaban J connectivity index is 1.72. The average Bonchev–Trinajstić information content (AvgIpc) is 3.02. The van der Waals surface area contributed by atoms with Gasteiger partial charge in [0.1, 0.15) is 6.10 Å². The van der Waals surface area contributed by atoms with E-state index in [1.807, 2.05) is 13.8 Å². The number of fused-ring (bicyclic) bond motifs is 5. The van der Waals surface area contributed by atoms with Crippen LogP contribution >= 0.6 is 0 Å². The number of ether oxygens (including phenoxy) is 2.